The van der Waals surface area contributed by atoms with Gasteiger partial charge in [-0.2, -0.15) is 0 Å². The first kappa shape index (κ1) is 33.2. The van der Waals surface area contributed by atoms with Gasteiger partial charge in [0.05, 0.1) is 22.4 Å². The van der Waals surface area contributed by atoms with Crippen LogP contribution < -0.4 is 4.90 Å². The molecule has 2 heteroatoms. The third kappa shape index (κ3) is 5.95. The Kier molecular flexibility index (Phi) is 8.55. The van der Waals surface area contributed by atoms with E-state index < -0.39 is 0 Å². The van der Waals surface area contributed by atoms with Gasteiger partial charge in [0.25, 0.3) is 0 Å². The van der Waals surface area contributed by atoms with E-state index >= 15 is 0 Å². The molecule has 0 atom stereocenters. The van der Waals surface area contributed by atoms with Gasteiger partial charge in [0, 0.05) is 27.7 Å². The Balaban J connectivity index is 1.24. The Morgan fingerprint density at radius 1 is 0.304 bits per heavy atom. The molecule has 9 aromatic carbocycles. The molecule has 264 valence electrons. The maximum atomic E-state index is 2.47. The molecule has 0 N–H and O–H groups in total. The smallest absolute Gasteiger partial charge is 0.0562 e. The lowest BCUT2D eigenvalue weighted by Gasteiger charge is -2.29. The van der Waals surface area contributed by atoms with Gasteiger partial charge in [-0.1, -0.05) is 182 Å². The number of hydrogen-bond donors (Lipinski definition) is 0. The minimum atomic E-state index is 1.08. The Morgan fingerprint density at radius 3 is 1.52 bits per heavy atom. The number of fused-ring (bicyclic) bond motifs is 3. The Labute approximate surface area is 327 Å². The quantitative estimate of drug-likeness (QED) is 0.152. The van der Waals surface area contributed by atoms with E-state index in [9.17, 15) is 0 Å². The van der Waals surface area contributed by atoms with Crippen molar-refractivity contribution in [1.82, 2.24) is 4.57 Å². The van der Waals surface area contributed by atoms with Crippen molar-refractivity contribution in [2.45, 2.75) is 0 Å². The molecular formula is C54H38N2. The summed E-state index contributed by atoms with van der Waals surface area (Å²) in [6.07, 6.45) is 0. The van der Waals surface area contributed by atoms with Crippen molar-refractivity contribution in [3.05, 3.63) is 231 Å². The molecule has 0 saturated carbocycles. The van der Waals surface area contributed by atoms with E-state index in [0.29, 0.717) is 0 Å². The first-order valence-electron chi connectivity index (χ1n) is 19.2. The van der Waals surface area contributed by atoms with Crippen LogP contribution in [0.5, 0.6) is 0 Å². The molecule has 0 saturated heterocycles. The summed E-state index contributed by atoms with van der Waals surface area (Å²) < 4.78 is 2.40. The van der Waals surface area contributed by atoms with Crippen LogP contribution in [0.2, 0.25) is 0 Å². The summed E-state index contributed by atoms with van der Waals surface area (Å²) in [5, 5.41) is 2.42. The van der Waals surface area contributed by atoms with Crippen LogP contribution >= 0.6 is 0 Å². The standard InChI is InChI=1S/C54H38N2/c1-5-18-39(19-6-1)40-32-34-43(35-33-40)46-37-36-45(38-49(46)42-22-9-3-10-23-42)56(50-28-15-13-26-47(50)41-20-7-2-8-21-41)53-31-17-30-52-54(53)48-27-14-16-29-51(48)55(52)44-24-11-4-12-25-44/h1-38H. The number of aromatic nitrogens is 1. The zero-order valence-electron chi connectivity index (χ0n) is 30.8. The van der Waals surface area contributed by atoms with Crippen LogP contribution in [0.15, 0.2) is 231 Å². The summed E-state index contributed by atoms with van der Waals surface area (Å²) in [6.45, 7) is 0. The van der Waals surface area contributed by atoms with Crippen LogP contribution in [-0.2, 0) is 0 Å². The SMILES string of the molecule is c1ccc(-c2ccc(-c3ccc(N(c4ccccc4-c4ccccc4)c4cccc5c4c4ccccc4n5-c4ccccc4)cc3-c3ccccc3)cc2)cc1. The van der Waals surface area contributed by atoms with Crippen molar-refractivity contribution in [3.8, 4) is 50.2 Å². The van der Waals surface area contributed by atoms with Crippen molar-refractivity contribution >= 4 is 38.9 Å². The lowest BCUT2D eigenvalue weighted by atomic mass is 9.92. The van der Waals surface area contributed by atoms with Crippen LogP contribution in [-0.4, -0.2) is 4.57 Å². The molecular weight excluding hydrogens is 677 g/mol. The van der Waals surface area contributed by atoms with E-state index in [1.54, 1.807) is 0 Å². The molecule has 0 fully saturated rings. The minimum absolute atomic E-state index is 1.08. The number of anilines is 3. The highest BCUT2D eigenvalue weighted by molar-refractivity contribution is 6.17. The van der Waals surface area contributed by atoms with Gasteiger partial charge < -0.3 is 9.47 Å². The predicted molar refractivity (Wildman–Crippen MR) is 237 cm³/mol. The highest BCUT2D eigenvalue weighted by Crippen LogP contribution is 2.48. The van der Waals surface area contributed by atoms with Gasteiger partial charge >= 0.3 is 0 Å². The van der Waals surface area contributed by atoms with E-state index in [1.165, 1.54) is 60.8 Å². The topological polar surface area (TPSA) is 8.17 Å². The van der Waals surface area contributed by atoms with E-state index in [4.69, 9.17) is 0 Å². The van der Waals surface area contributed by atoms with Gasteiger partial charge in [-0.3, -0.25) is 0 Å². The third-order valence-corrected chi connectivity index (χ3v) is 10.8. The number of rotatable bonds is 8. The van der Waals surface area contributed by atoms with Crippen LogP contribution in [0.1, 0.15) is 0 Å². The fraction of sp³-hybridized carbons (Fsp3) is 0. The number of nitrogens with zero attached hydrogens (tertiary/aromatic N) is 2. The molecule has 10 rings (SSSR count). The van der Waals surface area contributed by atoms with Crippen LogP contribution in [0.25, 0.3) is 72.0 Å². The Bertz CT molecular complexity index is 2930. The average Bonchev–Trinajstić information content (AvgIpc) is 3.63. The molecule has 1 aromatic heterocycles. The normalized spacial score (nSPS) is 11.2. The number of hydrogen-bond acceptors (Lipinski definition) is 1. The Morgan fingerprint density at radius 2 is 0.804 bits per heavy atom. The molecule has 0 bridgehead atoms. The van der Waals surface area contributed by atoms with Gasteiger partial charge in [-0.05, 0) is 87.5 Å². The van der Waals surface area contributed by atoms with E-state index in [-0.39, 0.29) is 0 Å². The van der Waals surface area contributed by atoms with E-state index in [2.05, 4.69) is 240 Å². The van der Waals surface area contributed by atoms with Crippen LogP contribution in [0.4, 0.5) is 17.1 Å². The monoisotopic (exact) mass is 714 g/mol. The van der Waals surface area contributed by atoms with E-state index in [1.807, 2.05) is 0 Å². The molecule has 0 unspecified atom stereocenters. The summed E-state index contributed by atoms with van der Waals surface area (Å²) in [6, 6.07) is 83.1. The first-order valence-corrected chi connectivity index (χ1v) is 19.2. The number of benzene rings is 9. The highest BCUT2D eigenvalue weighted by Gasteiger charge is 2.24. The van der Waals surface area contributed by atoms with Crippen molar-refractivity contribution in [2.75, 3.05) is 4.90 Å². The second-order valence-corrected chi connectivity index (χ2v) is 14.1. The van der Waals surface area contributed by atoms with Crippen molar-refractivity contribution in [1.29, 1.82) is 0 Å². The molecule has 0 amide bonds. The van der Waals surface area contributed by atoms with Gasteiger partial charge in [-0.25, -0.2) is 0 Å². The van der Waals surface area contributed by atoms with Gasteiger partial charge in [-0.15, -0.1) is 0 Å². The largest absolute Gasteiger partial charge is 0.309 e. The predicted octanol–water partition coefficient (Wildman–Crippen LogP) is 14.9. The average molecular weight is 715 g/mol. The van der Waals surface area contributed by atoms with Gasteiger partial charge in [0.1, 0.15) is 0 Å². The molecule has 10 aromatic rings. The fourth-order valence-electron chi connectivity index (χ4n) is 8.23. The van der Waals surface area contributed by atoms with E-state index in [0.717, 1.165) is 28.3 Å². The van der Waals surface area contributed by atoms with Crippen molar-refractivity contribution < 1.29 is 0 Å². The molecule has 0 aliphatic carbocycles. The number of para-hydroxylation sites is 3. The van der Waals surface area contributed by atoms with Crippen molar-refractivity contribution in [2.24, 2.45) is 0 Å². The van der Waals surface area contributed by atoms with Gasteiger partial charge in [0.15, 0.2) is 0 Å². The zero-order chi connectivity index (χ0) is 37.3. The molecule has 0 aliphatic heterocycles. The first-order chi connectivity index (χ1) is 27.8. The van der Waals surface area contributed by atoms with Gasteiger partial charge in [0.2, 0.25) is 0 Å². The minimum Gasteiger partial charge on any atom is -0.309 e. The summed E-state index contributed by atoms with van der Waals surface area (Å²) in [5.74, 6) is 0. The summed E-state index contributed by atoms with van der Waals surface area (Å²) in [7, 11) is 0. The second-order valence-electron chi connectivity index (χ2n) is 14.1. The summed E-state index contributed by atoms with van der Waals surface area (Å²) in [5.41, 5.74) is 16.3. The fourth-order valence-corrected chi connectivity index (χ4v) is 8.23. The van der Waals surface area contributed by atoms with Crippen LogP contribution in [0, 0.1) is 0 Å². The van der Waals surface area contributed by atoms with Crippen molar-refractivity contribution in [3.63, 3.8) is 0 Å². The second kappa shape index (κ2) is 14.4. The zero-order valence-corrected chi connectivity index (χ0v) is 30.8. The molecule has 0 aliphatic rings. The molecule has 1 heterocycles. The summed E-state index contributed by atoms with van der Waals surface area (Å²) >= 11 is 0. The molecule has 0 radical (unpaired) electrons. The third-order valence-electron chi connectivity index (χ3n) is 10.8. The lowest BCUT2D eigenvalue weighted by molar-refractivity contribution is 1.18. The maximum Gasteiger partial charge on any atom is 0.0562 e. The molecule has 0 spiro atoms. The molecule has 2 nitrogen and oxygen atoms in total. The molecule has 56 heavy (non-hydrogen) atoms. The highest BCUT2D eigenvalue weighted by atomic mass is 15.2. The van der Waals surface area contributed by atoms with Crippen LogP contribution in [0.3, 0.4) is 0 Å². The maximum absolute atomic E-state index is 2.47. The Hall–Kier alpha value is -7.42. The lowest BCUT2D eigenvalue weighted by Crippen LogP contribution is -2.12. The summed E-state index contributed by atoms with van der Waals surface area (Å²) in [4.78, 5) is 2.47.